The Balaban J connectivity index is 1.98. The Morgan fingerprint density at radius 3 is 2.00 bits per heavy atom. The second kappa shape index (κ2) is 12.5. The molecule has 2 amide bonds. The summed E-state index contributed by atoms with van der Waals surface area (Å²) in [5.41, 5.74) is 3.23. The van der Waals surface area contributed by atoms with Crippen molar-refractivity contribution in [2.75, 3.05) is 17.4 Å². The first-order chi connectivity index (χ1) is 17.6. The monoisotopic (exact) mass is 521 g/mol. The first-order valence-corrected chi connectivity index (χ1v) is 13.8. The molecule has 1 unspecified atom stereocenters. The van der Waals surface area contributed by atoms with Gasteiger partial charge in [-0.1, -0.05) is 72.6 Å². The molecule has 8 heteroatoms. The first kappa shape index (κ1) is 27.9. The van der Waals surface area contributed by atoms with Crippen molar-refractivity contribution in [3.05, 3.63) is 95.6 Å². The molecule has 0 aliphatic carbocycles. The third kappa shape index (κ3) is 7.20. The van der Waals surface area contributed by atoms with Gasteiger partial charge < -0.3 is 10.2 Å². The minimum absolute atomic E-state index is 0.0913. The van der Waals surface area contributed by atoms with E-state index in [2.05, 4.69) is 5.32 Å². The van der Waals surface area contributed by atoms with E-state index in [1.807, 2.05) is 45.0 Å². The summed E-state index contributed by atoms with van der Waals surface area (Å²) >= 11 is 0. The van der Waals surface area contributed by atoms with Crippen LogP contribution in [0.3, 0.4) is 0 Å². The van der Waals surface area contributed by atoms with Gasteiger partial charge >= 0.3 is 0 Å². The Morgan fingerprint density at radius 2 is 1.43 bits per heavy atom. The molecule has 0 aliphatic heterocycles. The summed E-state index contributed by atoms with van der Waals surface area (Å²) in [5.74, 6) is -0.755. The van der Waals surface area contributed by atoms with Crippen LogP contribution in [0, 0.1) is 13.8 Å². The fourth-order valence-electron chi connectivity index (χ4n) is 3.83. The van der Waals surface area contributed by atoms with Gasteiger partial charge in [0.05, 0.1) is 10.6 Å². The van der Waals surface area contributed by atoms with Gasteiger partial charge in [-0.05, 0) is 57.0 Å². The van der Waals surface area contributed by atoms with Gasteiger partial charge in [0, 0.05) is 13.1 Å². The maximum atomic E-state index is 13.8. The maximum Gasteiger partial charge on any atom is 0.264 e. The summed E-state index contributed by atoms with van der Waals surface area (Å²) in [7, 11) is -4.05. The highest BCUT2D eigenvalue weighted by molar-refractivity contribution is 7.92. The van der Waals surface area contributed by atoms with Crippen LogP contribution in [0.15, 0.2) is 83.8 Å². The van der Waals surface area contributed by atoms with Crippen LogP contribution < -0.4 is 9.62 Å². The zero-order valence-electron chi connectivity index (χ0n) is 21.8. The minimum Gasteiger partial charge on any atom is -0.354 e. The fraction of sp³-hybridized carbons (Fsp3) is 0.310. The Labute approximate surface area is 220 Å². The number of hydrogen-bond donors (Lipinski definition) is 1. The number of sulfonamides is 1. The Bertz CT molecular complexity index is 1290. The molecule has 0 aliphatic rings. The van der Waals surface area contributed by atoms with Crippen molar-refractivity contribution in [2.45, 2.75) is 51.6 Å². The molecule has 1 N–H and O–H groups in total. The van der Waals surface area contributed by atoms with Crippen molar-refractivity contribution in [1.82, 2.24) is 10.2 Å². The fourth-order valence-corrected chi connectivity index (χ4v) is 5.24. The Morgan fingerprint density at radius 1 is 0.865 bits per heavy atom. The Kier molecular flexibility index (Phi) is 9.47. The minimum atomic E-state index is -4.05. The number of benzene rings is 3. The molecule has 0 bridgehead atoms. The van der Waals surface area contributed by atoms with Crippen LogP contribution in [0.25, 0.3) is 0 Å². The van der Waals surface area contributed by atoms with Crippen molar-refractivity contribution >= 4 is 27.5 Å². The van der Waals surface area contributed by atoms with Crippen LogP contribution in [-0.4, -0.2) is 44.3 Å². The molecule has 0 fully saturated rings. The smallest absolute Gasteiger partial charge is 0.264 e. The summed E-state index contributed by atoms with van der Waals surface area (Å²) in [6.45, 7) is 7.69. The number of hydrogen-bond acceptors (Lipinski definition) is 4. The lowest BCUT2D eigenvalue weighted by molar-refractivity contribution is -0.139. The maximum absolute atomic E-state index is 13.8. The highest BCUT2D eigenvalue weighted by atomic mass is 32.2. The highest BCUT2D eigenvalue weighted by Crippen LogP contribution is 2.24. The van der Waals surface area contributed by atoms with Crippen LogP contribution in [0.5, 0.6) is 0 Å². The summed E-state index contributed by atoms with van der Waals surface area (Å²) in [6.07, 6.45) is 0.765. The summed E-state index contributed by atoms with van der Waals surface area (Å²) in [6, 6.07) is 22.0. The van der Waals surface area contributed by atoms with Gasteiger partial charge in [0.1, 0.15) is 12.6 Å². The molecular weight excluding hydrogens is 486 g/mol. The standard InChI is InChI=1S/C29H35N3O4S/c1-5-19-30-29(34)24(4)31(20-25-15-11-22(2)12-16-25)28(33)21-32(26-9-7-6-8-10-26)37(35,36)27-17-13-23(3)14-18-27/h6-18,24H,5,19-21H2,1-4H3,(H,30,34). The number of rotatable bonds is 11. The van der Waals surface area contributed by atoms with E-state index in [1.54, 1.807) is 49.4 Å². The largest absolute Gasteiger partial charge is 0.354 e. The molecule has 0 saturated heterocycles. The second-order valence-corrected chi connectivity index (χ2v) is 11.0. The van der Waals surface area contributed by atoms with Gasteiger partial charge in [0.2, 0.25) is 11.8 Å². The highest BCUT2D eigenvalue weighted by Gasteiger charge is 2.32. The molecular formula is C29H35N3O4S. The van der Waals surface area contributed by atoms with Gasteiger partial charge in [-0.15, -0.1) is 0 Å². The van der Waals surface area contributed by atoms with E-state index >= 15 is 0 Å². The normalized spacial score (nSPS) is 12.0. The third-order valence-corrected chi connectivity index (χ3v) is 7.91. The van der Waals surface area contributed by atoms with Gasteiger partial charge in [-0.25, -0.2) is 8.42 Å². The van der Waals surface area contributed by atoms with E-state index in [-0.39, 0.29) is 17.3 Å². The SMILES string of the molecule is CCCNC(=O)C(C)N(Cc1ccc(C)cc1)C(=O)CN(c1ccccc1)S(=O)(=O)c1ccc(C)cc1. The van der Waals surface area contributed by atoms with Crippen molar-refractivity contribution in [3.63, 3.8) is 0 Å². The van der Waals surface area contributed by atoms with E-state index in [1.165, 1.54) is 17.0 Å². The predicted octanol–water partition coefficient (Wildman–Crippen LogP) is 4.44. The molecule has 0 spiro atoms. The molecule has 3 aromatic carbocycles. The van der Waals surface area contributed by atoms with Crippen LogP contribution in [0.1, 0.15) is 37.0 Å². The van der Waals surface area contributed by atoms with E-state index in [9.17, 15) is 18.0 Å². The zero-order chi connectivity index (χ0) is 27.0. The molecule has 0 radical (unpaired) electrons. The number of para-hydroxylation sites is 1. The number of carbonyl (C=O) groups is 2. The summed E-state index contributed by atoms with van der Waals surface area (Å²) in [5, 5.41) is 2.84. The lowest BCUT2D eigenvalue weighted by Crippen LogP contribution is -2.51. The number of nitrogens with one attached hydrogen (secondary N) is 1. The average molecular weight is 522 g/mol. The molecule has 0 heterocycles. The molecule has 196 valence electrons. The van der Waals surface area contributed by atoms with Gasteiger partial charge in [-0.3, -0.25) is 13.9 Å². The molecule has 3 aromatic rings. The van der Waals surface area contributed by atoms with Gasteiger partial charge in [0.15, 0.2) is 0 Å². The first-order valence-electron chi connectivity index (χ1n) is 12.4. The topological polar surface area (TPSA) is 86.8 Å². The number of amides is 2. The summed E-state index contributed by atoms with van der Waals surface area (Å²) in [4.78, 5) is 28.2. The lowest BCUT2D eigenvalue weighted by Gasteiger charge is -2.32. The van der Waals surface area contributed by atoms with Crippen LogP contribution >= 0.6 is 0 Å². The molecule has 37 heavy (non-hydrogen) atoms. The number of anilines is 1. The van der Waals surface area contributed by atoms with Crippen molar-refractivity contribution in [2.24, 2.45) is 0 Å². The number of nitrogens with zero attached hydrogens (tertiary/aromatic N) is 2. The summed E-state index contributed by atoms with van der Waals surface area (Å²) < 4.78 is 28.5. The predicted molar refractivity (Wildman–Crippen MR) is 147 cm³/mol. The van der Waals surface area contributed by atoms with E-state index in [4.69, 9.17) is 0 Å². The Hall–Kier alpha value is -3.65. The van der Waals surface area contributed by atoms with E-state index in [0.717, 1.165) is 27.4 Å². The number of carbonyl (C=O) groups excluding carboxylic acids is 2. The van der Waals surface area contributed by atoms with Gasteiger partial charge in [-0.2, -0.15) is 0 Å². The van der Waals surface area contributed by atoms with Crippen LogP contribution in [0.4, 0.5) is 5.69 Å². The van der Waals surface area contributed by atoms with Gasteiger partial charge in [0.25, 0.3) is 10.0 Å². The molecule has 7 nitrogen and oxygen atoms in total. The van der Waals surface area contributed by atoms with Crippen molar-refractivity contribution in [3.8, 4) is 0 Å². The zero-order valence-corrected chi connectivity index (χ0v) is 22.7. The van der Waals surface area contributed by atoms with Crippen molar-refractivity contribution in [1.29, 1.82) is 0 Å². The molecule has 0 saturated carbocycles. The van der Waals surface area contributed by atoms with E-state index in [0.29, 0.717) is 12.2 Å². The quantitative estimate of drug-likeness (QED) is 0.404. The van der Waals surface area contributed by atoms with Crippen molar-refractivity contribution < 1.29 is 18.0 Å². The molecule has 0 aromatic heterocycles. The average Bonchev–Trinajstić information content (AvgIpc) is 2.90. The molecule has 3 rings (SSSR count). The lowest BCUT2D eigenvalue weighted by atomic mass is 10.1. The van der Waals surface area contributed by atoms with E-state index < -0.39 is 28.5 Å². The van der Waals surface area contributed by atoms with Crippen LogP contribution in [-0.2, 0) is 26.2 Å². The van der Waals surface area contributed by atoms with Crippen LogP contribution in [0.2, 0.25) is 0 Å². The third-order valence-electron chi connectivity index (χ3n) is 6.12. The molecule has 1 atom stereocenters. The number of aryl methyl sites for hydroxylation is 2. The second-order valence-electron chi connectivity index (χ2n) is 9.13.